The van der Waals surface area contributed by atoms with Crippen molar-refractivity contribution in [2.75, 3.05) is 33.2 Å². The Balaban J connectivity index is 0.000000775. The minimum atomic E-state index is -0.250. The van der Waals surface area contributed by atoms with E-state index in [0.717, 1.165) is 66.9 Å². The zero-order valence-electron chi connectivity index (χ0n) is 17.9. The molecule has 1 fully saturated rings. The number of piperazine rings is 1. The molecule has 8 nitrogen and oxygen atoms in total. The minimum absolute atomic E-state index is 0.250. The lowest BCUT2D eigenvalue weighted by Crippen LogP contribution is -2.44. The van der Waals surface area contributed by atoms with E-state index in [-0.39, 0.29) is 6.47 Å². The van der Waals surface area contributed by atoms with Gasteiger partial charge >= 0.3 is 0 Å². The molecule has 0 radical (unpaired) electrons. The van der Waals surface area contributed by atoms with E-state index in [9.17, 15) is 0 Å². The fourth-order valence-corrected chi connectivity index (χ4v) is 4.19. The molecule has 2 aromatic carbocycles. The summed E-state index contributed by atoms with van der Waals surface area (Å²) < 4.78 is 2.17. The maximum Gasteiger partial charge on any atom is 0.290 e. The standard InChI is InChI=1S/C22H23ClN6.CH2O2/c1-27-9-11-28(12-10-27)15-21-26-25-20-14-24-22(16-5-3-2-4-6-16)18-13-17(23)7-8-19(18)29(20)21;2-1-3/h2-8,13H,9-12,14-15H2,1H3;1H,(H,2,3). The van der Waals surface area contributed by atoms with Gasteiger partial charge in [0.05, 0.1) is 17.9 Å². The van der Waals surface area contributed by atoms with E-state index in [1.807, 2.05) is 30.3 Å². The van der Waals surface area contributed by atoms with Crippen LogP contribution in [0.25, 0.3) is 5.69 Å². The van der Waals surface area contributed by atoms with Crippen LogP contribution in [0.4, 0.5) is 0 Å². The molecule has 3 aromatic rings. The Kier molecular flexibility index (Phi) is 6.94. The van der Waals surface area contributed by atoms with Crippen LogP contribution in [-0.4, -0.2) is 75.1 Å². The lowest BCUT2D eigenvalue weighted by Gasteiger charge is -2.32. The lowest BCUT2D eigenvalue weighted by molar-refractivity contribution is -0.122. The Morgan fingerprint density at radius 3 is 2.50 bits per heavy atom. The summed E-state index contributed by atoms with van der Waals surface area (Å²) in [6.07, 6.45) is 0. The number of nitrogens with zero attached hydrogens (tertiary/aromatic N) is 6. The zero-order chi connectivity index (χ0) is 22.5. The van der Waals surface area contributed by atoms with Crippen molar-refractivity contribution in [2.24, 2.45) is 4.99 Å². The Labute approximate surface area is 191 Å². The first-order chi connectivity index (χ1) is 15.6. The monoisotopic (exact) mass is 452 g/mol. The van der Waals surface area contributed by atoms with E-state index < -0.39 is 0 Å². The van der Waals surface area contributed by atoms with E-state index in [0.29, 0.717) is 11.6 Å². The number of hydrogen-bond acceptors (Lipinski definition) is 6. The van der Waals surface area contributed by atoms with Gasteiger partial charge in [0.15, 0.2) is 11.6 Å². The van der Waals surface area contributed by atoms with Crippen LogP contribution in [0.3, 0.4) is 0 Å². The number of likely N-dealkylation sites (N-methyl/N-ethyl adjacent to an activating group) is 1. The van der Waals surface area contributed by atoms with Crippen molar-refractivity contribution in [1.82, 2.24) is 24.6 Å². The molecule has 0 unspecified atom stereocenters. The summed E-state index contributed by atoms with van der Waals surface area (Å²) in [5, 5.41) is 16.6. The van der Waals surface area contributed by atoms with Crippen LogP contribution in [0.1, 0.15) is 22.8 Å². The molecule has 2 aliphatic rings. The van der Waals surface area contributed by atoms with Crippen molar-refractivity contribution in [3.63, 3.8) is 0 Å². The second kappa shape index (κ2) is 10.0. The van der Waals surface area contributed by atoms with Crippen molar-refractivity contribution < 1.29 is 9.90 Å². The summed E-state index contributed by atoms with van der Waals surface area (Å²) in [6.45, 7) is 5.26. The Morgan fingerprint density at radius 1 is 1.06 bits per heavy atom. The van der Waals surface area contributed by atoms with Crippen LogP contribution >= 0.6 is 11.6 Å². The maximum atomic E-state index is 8.36. The molecule has 0 bridgehead atoms. The van der Waals surface area contributed by atoms with Gasteiger partial charge in [0, 0.05) is 42.3 Å². The highest BCUT2D eigenvalue weighted by atomic mass is 35.5. The molecule has 0 atom stereocenters. The van der Waals surface area contributed by atoms with Crippen molar-refractivity contribution in [3.8, 4) is 5.69 Å². The van der Waals surface area contributed by atoms with Gasteiger partial charge in [-0.05, 0) is 25.2 Å². The second-order valence-electron chi connectivity index (χ2n) is 7.75. The van der Waals surface area contributed by atoms with Gasteiger partial charge in [-0.2, -0.15) is 0 Å². The topological polar surface area (TPSA) is 86.9 Å². The average Bonchev–Trinajstić information content (AvgIpc) is 3.11. The number of carboxylic acid groups (broad SMARTS) is 1. The first-order valence-electron chi connectivity index (χ1n) is 10.4. The van der Waals surface area contributed by atoms with Gasteiger partial charge in [-0.1, -0.05) is 41.9 Å². The SMILES string of the molecule is CN1CCN(Cc2nnc3n2-c2ccc(Cl)cc2C(c2ccccc2)=NC3)CC1.O=CO. The van der Waals surface area contributed by atoms with E-state index in [1.165, 1.54) is 0 Å². The first kappa shape index (κ1) is 22.1. The summed E-state index contributed by atoms with van der Waals surface area (Å²) in [4.78, 5) is 18.1. The smallest absolute Gasteiger partial charge is 0.290 e. The molecule has 1 N–H and O–H groups in total. The third-order valence-electron chi connectivity index (χ3n) is 5.64. The Bertz CT molecular complexity index is 1110. The van der Waals surface area contributed by atoms with Crippen LogP contribution in [0.15, 0.2) is 53.5 Å². The van der Waals surface area contributed by atoms with Gasteiger partial charge in [0.1, 0.15) is 6.54 Å². The predicted octanol–water partition coefficient (Wildman–Crippen LogP) is 2.72. The van der Waals surface area contributed by atoms with Crippen LogP contribution in [0.2, 0.25) is 5.02 Å². The van der Waals surface area contributed by atoms with Crippen molar-refractivity contribution in [3.05, 3.63) is 76.3 Å². The molecule has 0 aliphatic carbocycles. The maximum absolute atomic E-state index is 8.36. The number of aliphatic imine (C=N–C) groups is 1. The third kappa shape index (κ3) is 4.72. The molecule has 5 rings (SSSR count). The number of rotatable bonds is 3. The fraction of sp³-hybridized carbons (Fsp3) is 0.304. The number of benzene rings is 2. The summed E-state index contributed by atoms with van der Waals surface area (Å²) in [5.41, 5.74) is 4.08. The Morgan fingerprint density at radius 2 is 1.78 bits per heavy atom. The third-order valence-corrected chi connectivity index (χ3v) is 5.87. The molecule has 9 heteroatoms. The minimum Gasteiger partial charge on any atom is -0.483 e. The van der Waals surface area contributed by atoms with Gasteiger partial charge in [-0.25, -0.2) is 0 Å². The fourth-order valence-electron chi connectivity index (χ4n) is 4.01. The molecule has 166 valence electrons. The van der Waals surface area contributed by atoms with Crippen LogP contribution < -0.4 is 0 Å². The van der Waals surface area contributed by atoms with Gasteiger partial charge in [0.25, 0.3) is 6.47 Å². The van der Waals surface area contributed by atoms with Gasteiger partial charge in [-0.3, -0.25) is 19.3 Å². The van der Waals surface area contributed by atoms with E-state index in [4.69, 9.17) is 26.5 Å². The molecular formula is C23H25ClN6O2. The number of hydrogen-bond donors (Lipinski definition) is 1. The van der Waals surface area contributed by atoms with Crippen molar-refractivity contribution in [1.29, 1.82) is 0 Å². The molecule has 0 saturated carbocycles. The quantitative estimate of drug-likeness (QED) is 0.615. The molecule has 0 amide bonds. The van der Waals surface area contributed by atoms with Gasteiger partial charge in [0.2, 0.25) is 0 Å². The number of aromatic nitrogens is 3. The average molecular weight is 453 g/mol. The zero-order valence-corrected chi connectivity index (χ0v) is 18.6. The van der Waals surface area contributed by atoms with E-state index >= 15 is 0 Å². The van der Waals surface area contributed by atoms with Gasteiger partial charge in [-0.15, -0.1) is 10.2 Å². The Hall–Kier alpha value is -3.07. The molecular weight excluding hydrogens is 428 g/mol. The molecule has 2 aliphatic heterocycles. The lowest BCUT2D eigenvalue weighted by atomic mass is 10.0. The highest BCUT2D eigenvalue weighted by Crippen LogP contribution is 2.28. The molecule has 3 heterocycles. The summed E-state index contributed by atoms with van der Waals surface area (Å²) in [7, 11) is 2.17. The van der Waals surface area contributed by atoms with Gasteiger partial charge < -0.3 is 10.0 Å². The normalized spacial score (nSPS) is 16.1. The number of halogens is 1. The summed E-state index contributed by atoms with van der Waals surface area (Å²) >= 11 is 6.38. The molecule has 32 heavy (non-hydrogen) atoms. The second-order valence-corrected chi connectivity index (χ2v) is 8.18. The number of carbonyl (C=O) groups is 1. The van der Waals surface area contributed by atoms with Crippen molar-refractivity contribution >= 4 is 23.8 Å². The highest BCUT2D eigenvalue weighted by Gasteiger charge is 2.25. The number of fused-ring (bicyclic) bond motifs is 3. The van der Waals surface area contributed by atoms with Crippen LogP contribution in [0.5, 0.6) is 0 Å². The summed E-state index contributed by atoms with van der Waals surface area (Å²) in [5.74, 6) is 1.82. The first-order valence-corrected chi connectivity index (χ1v) is 10.8. The largest absolute Gasteiger partial charge is 0.483 e. The van der Waals surface area contributed by atoms with Crippen molar-refractivity contribution in [2.45, 2.75) is 13.1 Å². The molecule has 0 spiro atoms. The predicted molar refractivity (Wildman–Crippen MR) is 124 cm³/mol. The van der Waals surface area contributed by atoms with Crippen LogP contribution in [-0.2, 0) is 17.9 Å². The molecule has 1 aromatic heterocycles. The van der Waals surface area contributed by atoms with Crippen LogP contribution in [0, 0.1) is 0 Å². The van der Waals surface area contributed by atoms with E-state index in [2.05, 4.69) is 49.8 Å². The summed E-state index contributed by atoms with van der Waals surface area (Å²) in [6, 6.07) is 16.2. The molecule has 1 saturated heterocycles. The highest BCUT2D eigenvalue weighted by molar-refractivity contribution is 6.31. The van der Waals surface area contributed by atoms with E-state index in [1.54, 1.807) is 0 Å².